The van der Waals surface area contributed by atoms with Crippen molar-refractivity contribution in [2.45, 2.75) is 0 Å². The Balaban J connectivity index is 1.91. The number of nitrogens with one attached hydrogen (secondary N) is 1. The lowest BCUT2D eigenvalue weighted by Crippen LogP contribution is -2.32. The molecule has 0 saturated heterocycles. The summed E-state index contributed by atoms with van der Waals surface area (Å²) < 4.78 is 4.66. The van der Waals surface area contributed by atoms with Crippen LogP contribution in [0, 0.1) is 0 Å². The molecule has 0 spiro atoms. The van der Waals surface area contributed by atoms with Crippen LogP contribution in [0.2, 0.25) is 10.0 Å². The molecule has 3 rings (SSSR count). The molecule has 0 saturated carbocycles. The highest BCUT2D eigenvalue weighted by molar-refractivity contribution is 6.53. The zero-order valence-electron chi connectivity index (χ0n) is 13.8. The highest BCUT2D eigenvalue weighted by Gasteiger charge is 2.39. The number of carbonyl (C=O) groups excluding carboxylic acids is 3. The summed E-state index contributed by atoms with van der Waals surface area (Å²) in [6, 6.07) is 10.6. The Morgan fingerprint density at radius 1 is 1.00 bits per heavy atom. The van der Waals surface area contributed by atoms with Crippen molar-refractivity contribution in [2.24, 2.45) is 0 Å². The fourth-order valence-electron chi connectivity index (χ4n) is 2.46. The second-order valence-electron chi connectivity index (χ2n) is 5.43. The molecule has 1 aliphatic rings. The predicted molar refractivity (Wildman–Crippen MR) is 103 cm³/mol. The van der Waals surface area contributed by atoms with Crippen molar-refractivity contribution in [1.82, 2.24) is 0 Å². The van der Waals surface area contributed by atoms with Crippen LogP contribution in [0.15, 0.2) is 53.2 Å². The fraction of sp³-hybridized carbons (Fsp3) is 0.0556. The summed E-state index contributed by atoms with van der Waals surface area (Å²) >= 11 is 17.9. The number of imide groups is 1. The molecule has 0 aromatic heterocycles. The monoisotopic (exact) mass is 424 g/mol. The molecule has 1 N–H and O–H groups in total. The lowest BCUT2D eigenvalue weighted by Gasteiger charge is -2.15. The van der Waals surface area contributed by atoms with E-state index in [0.29, 0.717) is 5.69 Å². The minimum Gasteiger partial charge on any atom is -0.465 e. The molecule has 0 aliphatic carbocycles. The number of carbonyl (C=O) groups is 3. The van der Waals surface area contributed by atoms with E-state index in [-0.39, 0.29) is 32.0 Å². The Labute approximate surface area is 169 Å². The molecular formula is C18H11Cl3N2O4. The number of nitrogens with zero attached hydrogens (tertiary/aromatic N) is 1. The molecule has 0 radical (unpaired) electrons. The number of esters is 1. The molecule has 2 aromatic rings. The number of hydrogen-bond acceptors (Lipinski definition) is 5. The number of anilines is 2. The third-order valence-electron chi connectivity index (χ3n) is 3.74. The van der Waals surface area contributed by atoms with E-state index in [1.165, 1.54) is 31.4 Å². The standard InChI is InChI=1S/C18H11Cl3N2O4/c1-27-18(26)9-3-2-4-10(7-9)22-15-14(21)16(24)23(17(15)25)11-5-6-12(19)13(20)8-11/h2-8,22H,1H3. The second kappa shape index (κ2) is 7.60. The van der Waals surface area contributed by atoms with Crippen molar-refractivity contribution in [3.63, 3.8) is 0 Å². The van der Waals surface area contributed by atoms with Gasteiger partial charge in [0.1, 0.15) is 10.7 Å². The molecule has 2 amide bonds. The van der Waals surface area contributed by atoms with Crippen LogP contribution in [0.5, 0.6) is 0 Å². The van der Waals surface area contributed by atoms with Crippen molar-refractivity contribution < 1.29 is 19.1 Å². The fourth-order valence-corrected chi connectivity index (χ4v) is 2.96. The molecule has 0 atom stereocenters. The van der Waals surface area contributed by atoms with Gasteiger partial charge in [-0.05, 0) is 36.4 Å². The first-order valence-electron chi connectivity index (χ1n) is 7.52. The Hall–Kier alpha value is -2.54. The molecule has 138 valence electrons. The SMILES string of the molecule is COC(=O)c1cccc(NC2=C(Cl)C(=O)N(c3ccc(Cl)c(Cl)c3)C2=O)c1. The topological polar surface area (TPSA) is 75.7 Å². The van der Waals surface area contributed by atoms with Crippen LogP contribution in [0.4, 0.5) is 11.4 Å². The van der Waals surface area contributed by atoms with Gasteiger partial charge in [-0.25, -0.2) is 9.69 Å². The Morgan fingerprint density at radius 3 is 2.41 bits per heavy atom. The number of rotatable bonds is 4. The van der Waals surface area contributed by atoms with E-state index in [9.17, 15) is 14.4 Å². The summed E-state index contributed by atoms with van der Waals surface area (Å²) in [5.41, 5.74) is 0.785. The minimum atomic E-state index is -0.702. The van der Waals surface area contributed by atoms with Crippen molar-refractivity contribution >= 4 is 64.0 Å². The molecule has 0 bridgehead atoms. The molecule has 0 unspecified atom stereocenters. The highest BCUT2D eigenvalue weighted by atomic mass is 35.5. The van der Waals surface area contributed by atoms with Gasteiger partial charge in [0.25, 0.3) is 11.8 Å². The van der Waals surface area contributed by atoms with Crippen LogP contribution in [0.3, 0.4) is 0 Å². The molecule has 0 fully saturated rings. The van der Waals surface area contributed by atoms with Gasteiger partial charge < -0.3 is 10.1 Å². The van der Waals surface area contributed by atoms with Gasteiger partial charge in [0.05, 0.1) is 28.4 Å². The van der Waals surface area contributed by atoms with E-state index in [0.717, 1.165) is 4.90 Å². The smallest absolute Gasteiger partial charge is 0.337 e. The zero-order chi connectivity index (χ0) is 19.7. The van der Waals surface area contributed by atoms with Crippen LogP contribution in [0.1, 0.15) is 10.4 Å². The maximum absolute atomic E-state index is 12.7. The summed E-state index contributed by atoms with van der Waals surface area (Å²) in [6.45, 7) is 0. The molecular weight excluding hydrogens is 415 g/mol. The summed E-state index contributed by atoms with van der Waals surface area (Å²) in [5, 5.41) is 2.98. The molecule has 1 heterocycles. The molecule has 27 heavy (non-hydrogen) atoms. The first-order chi connectivity index (χ1) is 12.8. The Bertz CT molecular complexity index is 1000. The Kier molecular flexibility index (Phi) is 5.41. The quantitative estimate of drug-likeness (QED) is 0.586. The predicted octanol–water partition coefficient (Wildman–Crippen LogP) is 4.22. The normalized spacial score (nSPS) is 14.0. The number of halogens is 3. The number of amides is 2. The third kappa shape index (κ3) is 3.64. The van der Waals surface area contributed by atoms with Crippen molar-refractivity contribution in [3.05, 3.63) is 68.8 Å². The number of hydrogen-bond donors (Lipinski definition) is 1. The van der Waals surface area contributed by atoms with Gasteiger partial charge in [-0.15, -0.1) is 0 Å². The number of benzene rings is 2. The van der Waals surface area contributed by atoms with Crippen molar-refractivity contribution in [2.75, 3.05) is 17.3 Å². The van der Waals surface area contributed by atoms with E-state index < -0.39 is 17.8 Å². The first-order valence-corrected chi connectivity index (χ1v) is 8.66. The molecule has 9 heteroatoms. The summed E-state index contributed by atoms with van der Waals surface area (Å²) in [4.78, 5) is 37.7. The van der Waals surface area contributed by atoms with Gasteiger partial charge in [0.2, 0.25) is 0 Å². The van der Waals surface area contributed by atoms with E-state index in [1.54, 1.807) is 18.2 Å². The van der Waals surface area contributed by atoms with Crippen LogP contribution in [-0.2, 0) is 14.3 Å². The zero-order valence-corrected chi connectivity index (χ0v) is 16.0. The lowest BCUT2D eigenvalue weighted by atomic mass is 10.2. The summed E-state index contributed by atoms with van der Waals surface area (Å²) in [5.74, 6) is -1.90. The number of ether oxygens (including phenoxy) is 1. The summed E-state index contributed by atoms with van der Waals surface area (Å²) in [6.07, 6.45) is 0. The van der Waals surface area contributed by atoms with Gasteiger partial charge >= 0.3 is 5.97 Å². The van der Waals surface area contributed by atoms with E-state index in [4.69, 9.17) is 34.8 Å². The Morgan fingerprint density at radius 2 is 1.74 bits per heavy atom. The maximum atomic E-state index is 12.7. The van der Waals surface area contributed by atoms with Crippen molar-refractivity contribution in [1.29, 1.82) is 0 Å². The van der Waals surface area contributed by atoms with Crippen LogP contribution in [-0.4, -0.2) is 24.9 Å². The third-order valence-corrected chi connectivity index (χ3v) is 4.83. The molecule has 2 aromatic carbocycles. The lowest BCUT2D eigenvalue weighted by molar-refractivity contribution is -0.120. The molecule has 6 nitrogen and oxygen atoms in total. The average Bonchev–Trinajstić information content (AvgIpc) is 2.87. The van der Waals surface area contributed by atoms with Gasteiger partial charge in [0, 0.05) is 5.69 Å². The molecule has 1 aliphatic heterocycles. The van der Waals surface area contributed by atoms with E-state index in [1.807, 2.05) is 0 Å². The van der Waals surface area contributed by atoms with Gasteiger partial charge in [-0.1, -0.05) is 40.9 Å². The number of methoxy groups -OCH3 is 1. The first kappa shape index (κ1) is 19.2. The second-order valence-corrected chi connectivity index (χ2v) is 6.62. The highest BCUT2D eigenvalue weighted by Crippen LogP contribution is 2.33. The maximum Gasteiger partial charge on any atom is 0.337 e. The van der Waals surface area contributed by atoms with Crippen LogP contribution >= 0.6 is 34.8 Å². The van der Waals surface area contributed by atoms with Crippen molar-refractivity contribution in [3.8, 4) is 0 Å². The van der Waals surface area contributed by atoms with Crippen LogP contribution < -0.4 is 10.2 Å². The van der Waals surface area contributed by atoms with Crippen LogP contribution in [0.25, 0.3) is 0 Å². The minimum absolute atomic E-state index is 0.116. The van der Waals surface area contributed by atoms with Gasteiger partial charge in [-0.2, -0.15) is 0 Å². The summed E-state index contributed by atoms with van der Waals surface area (Å²) in [7, 11) is 1.26. The van der Waals surface area contributed by atoms with Gasteiger partial charge in [-0.3, -0.25) is 9.59 Å². The average molecular weight is 426 g/mol. The van der Waals surface area contributed by atoms with E-state index in [2.05, 4.69) is 10.1 Å². The van der Waals surface area contributed by atoms with E-state index >= 15 is 0 Å². The largest absolute Gasteiger partial charge is 0.465 e. The van der Waals surface area contributed by atoms with Gasteiger partial charge in [0.15, 0.2) is 0 Å².